The maximum atomic E-state index is 8.93. The number of hydrogen-bond acceptors (Lipinski definition) is 4. The summed E-state index contributed by atoms with van der Waals surface area (Å²) in [5.41, 5.74) is 1.52. The second-order valence-electron chi connectivity index (χ2n) is 3.36. The van der Waals surface area contributed by atoms with Gasteiger partial charge < -0.3 is 9.84 Å². The highest BCUT2D eigenvalue weighted by molar-refractivity contribution is 5.25. The molecule has 2 rings (SSSR count). The molecule has 82 valence electrons. The zero-order valence-electron chi connectivity index (χ0n) is 8.92. The van der Waals surface area contributed by atoms with Crippen molar-refractivity contribution in [1.29, 1.82) is 0 Å². The van der Waals surface area contributed by atoms with Crippen molar-refractivity contribution >= 4 is 0 Å². The lowest BCUT2D eigenvalue weighted by atomic mass is 10.3. The van der Waals surface area contributed by atoms with Gasteiger partial charge in [-0.15, -0.1) is 0 Å². The van der Waals surface area contributed by atoms with E-state index in [-0.39, 0.29) is 6.61 Å². The van der Waals surface area contributed by atoms with E-state index in [9.17, 15) is 0 Å². The number of hydrogen-bond donors (Lipinski definition) is 1. The van der Waals surface area contributed by atoms with Gasteiger partial charge in [0.25, 0.3) is 0 Å². The van der Waals surface area contributed by atoms with E-state index >= 15 is 0 Å². The van der Waals surface area contributed by atoms with Crippen molar-refractivity contribution in [2.75, 3.05) is 0 Å². The lowest BCUT2D eigenvalue weighted by molar-refractivity contribution is 0.275. The maximum absolute atomic E-state index is 8.93. The molecule has 0 spiro atoms. The van der Waals surface area contributed by atoms with Gasteiger partial charge in [-0.2, -0.15) is 0 Å². The second-order valence-corrected chi connectivity index (χ2v) is 3.36. The minimum absolute atomic E-state index is 0.0939. The van der Waals surface area contributed by atoms with Crippen LogP contribution in [-0.2, 0) is 6.61 Å². The van der Waals surface area contributed by atoms with Gasteiger partial charge in [-0.25, -0.2) is 4.98 Å². The average molecular weight is 216 g/mol. The summed E-state index contributed by atoms with van der Waals surface area (Å²) in [6, 6.07) is 8.95. The molecule has 1 N–H and O–H groups in total. The highest BCUT2D eigenvalue weighted by atomic mass is 16.5. The number of rotatable bonds is 3. The molecule has 0 aliphatic carbocycles. The fourth-order valence-corrected chi connectivity index (χ4v) is 1.24. The van der Waals surface area contributed by atoms with Gasteiger partial charge in [-0.05, 0) is 25.1 Å². The molecule has 2 heterocycles. The largest absolute Gasteiger partial charge is 0.437 e. The number of aliphatic hydroxyl groups is 1. The first kappa shape index (κ1) is 10.6. The van der Waals surface area contributed by atoms with Crippen LogP contribution in [0.1, 0.15) is 11.4 Å². The molecule has 0 aromatic carbocycles. The third kappa shape index (κ3) is 2.55. The van der Waals surface area contributed by atoms with Crippen molar-refractivity contribution in [3.8, 4) is 11.6 Å². The molecular formula is C12H12N2O2. The smallest absolute Gasteiger partial charge is 0.219 e. The van der Waals surface area contributed by atoms with Crippen molar-refractivity contribution in [2.24, 2.45) is 0 Å². The number of aromatic nitrogens is 2. The third-order valence-corrected chi connectivity index (χ3v) is 2.05. The molecule has 2 aromatic heterocycles. The minimum atomic E-state index is -0.0939. The van der Waals surface area contributed by atoms with Crippen molar-refractivity contribution in [3.05, 3.63) is 47.9 Å². The molecule has 0 saturated heterocycles. The Morgan fingerprint density at radius 2 is 2.12 bits per heavy atom. The monoisotopic (exact) mass is 216 g/mol. The van der Waals surface area contributed by atoms with E-state index in [1.807, 2.05) is 19.1 Å². The van der Waals surface area contributed by atoms with Gasteiger partial charge in [0.15, 0.2) is 0 Å². The van der Waals surface area contributed by atoms with Crippen molar-refractivity contribution in [1.82, 2.24) is 9.97 Å². The van der Waals surface area contributed by atoms with E-state index in [0.29, 0.717) is 17.3 Å². The molecule has 16 heavy (non-hydrogen) atoms. The summed E-state index contributed by atoms with van der Waals surface area (Å²) < 4.78 is 5.49. The molecule has 4 nitrogen and oxygen atoms in total. The Morgan fingerprint density at radius 3 is 2.81 bits per heavy atom. The lowest BCUT2D eigenvalue weighted by Gasteiger charge is -2.05. The number of aryl methyl sites for hydroxylation is 1. The Morgan fingerprint density at radius 1 is 1.25 bits per heavy atom. The van der Waals surface area contributed by atoms with Crippen molar-refractivity contribution in [2.45, 2.75) is 13.5 Å². The quantitative estimate of drug-likeness (QED) is 0.853. The minimum Gasteiger partial charge on any atom is -0.437 e. The average Bonchev–Trinajstić information content (AvgIpc) is 2.32. The first-order chi connectivity index (χ1) is 7.78. The highest BCUT2D eigenvalue weighted by Gasteiger charge is 2.00. The van der Waals surface area contributed by atoms with Crippen LogP contribution in [0.5, 0.6) is 11.6 Å². The molecule has 4 heteroatoms. The zero-order chi connectivity index (χ0) is 11.4. The Balaban J connectivity index is 2.16. The van der Waals surface area contributed by atoms with E-state index in [1.165, 1.54) is 0 Å². The normalized spacial score (nSPS) is 10.1. The summed E-state index contributed by atoms with van der Waals surface area (Å²) in [6.07, 6.45) is 1.64. The summed E-state index contributed by atoms with van der Waals surface area (Å²) in [4.78, 5) is 8.22. The van der Waals surface area contributed by atoms with E-state index in [2.05, 4.69) is 9.97 Å². The van der Waals surface area contributed by atoms with Crippen molar-refractivity contribution < 1.29 is 9.84 Å². The first-order valence-electron chi connectivity index (χ1n) is 4.95. The third-order valence-electron chi connectivity index (χ3n) is 2.05. The molecule has 0 aliphatic rings. The van der Waals surface area contributed by atoms with E-state index in [1.54, 1.807) is 24.4 Å². The maximum Gasteiger partial charge on any atom is 0.219 e. The Bertz CT molecular complexity index is 469. The lowest BCUT2D eigenvalue weighted by Crippen LogP contribution is -1.93. The summed E-state index contributed by atoms with van der Waals surface area (Å²) in [6.45, 7) is 1.82. The molecule has 0 amide bonds. The van der Waals surface area contributed by atoms with Crippen LogP contribution < -0.4 is 4.74 Å². The fraction of sp³-hybridized carbons (Fsp3) is 0.167. The van der Waals surface area contributed by atoms with E-state index in [4.69, 9.17) is 9.84 Å². The Labute approximate surface area is 93.6 Å². The Hall–Kier alpha value is -1.94. The van der Waals surface area contributed by atoms with Gasteiger partial charge in [0.05, 0.1) is 18.5 Å². The Kier molecular flexibility index (Phi) is 3.12. The second kappa shape index (κ2) is 4.72. The van der Waals surface area contributed by atoms with Gasteiger partial charge in [-0.1, -0.05) is 6.07 Å². The van der Waals surface area contributed by atoms with Crippen LogP contribution in [0.2, 0.25) is 0 Å². The van der Waals surface area contributed by atoms with Crippen molar-refractivity contribution in [3.63, 3.8) is 0 Å². The molecule has 0 fully saturated rings. The molecular weight excluding hydrogens is 204 g/mol. The predicted molar refractivity (Wildman–Crippen MR) is 59.2 cm³/mol. The SMILES string of the molecule is Cc1ccc(Oc2cccc(CO)n2)cn1. The van der Waals surface area contributed by atoms with E-state index < -0.39 is 0 Å². The summed E-state index contributed by atoms with van der Waals surface area (Å²) in [7, 11) is 0. The molecule has 0 atom stereocenters. The van der Waals surface area contributed by atoms with Crippen LogP contribution in [-0.4, -0.2) is 15.1 Å². The van der Waals surface area contributed by atoms with E-state index in [0.717, 1.165) is 5.69 Å². The molecule has 0 radical (unpaired) electrons. The molecule has 0 unspecified atom stereocenters. The van der Waals surface area contributed by atoms with Gasteiger partial charge in [0, 0.05) is 11.8 Å². The molecule has 2 aromatic rings. The predicted octanol–water partition coefficient (Wildman–Crippen LogP) is 2.07. The standard InChI is InChI=1S/C12H12N2O2/c1-9-5-6-11(7-13-9)16-12-4-2-3-10(8-15)14-12/h2-7,15H,8H2,1H3. The number of aliphatic hydroxyl groups excluding tert-OH is 1. The van der Waals surface area contributed by atoms with Gasteiger partial charge >= 0.3 is 0 Å². The number of ether oxygens (including phenoxy) is 1. The van der Waals surface area contributed by atoms with Crippen LogP contribution in [0.25, 0.3) is 0 Å². The fourth-order valence-electron chi connectivity index (χ4n) is 1.24. The zero-order valence-corrected chi connectivity index (χ0v) is 8.92. The topological polar surface area (TPSA) is 55.2 Å². The van der Waals surface area contributed by atoms with Crippen LogP contribution >= 0.6 is 0 Å². The number of pyridine rings is 2. The first-order valence-corrected chi connectivity index (χ1v) is 4.95. The summed E-state index contributed by atoms with van der Waals surface area (Å²) in [5.74, 6) is 1.09. The van der Waals surface area contributed by atoms with Crippen LogP contribution in [0.4, 0.5) is 0 Å². The van der Waals surface area contributed by atoms with Crippen LogP contribution in [0, 0.1) is 6.92 Å². The van der Waals surface area contributed by atoms with Crippen LogP contribution in [0.3, 0.4) is 0 Å². The number of nitrogens with zero attached hydrogens (tertiary/aromatic N) is 2. The van der Waals surface area contributed by atoms with Gasteiger partial charge in [-0.3, -0.25) is 4.98 Å². The van der Waals surface area contributed by atoms with Gasteiger partial charge in [0.1, 0.15) is 5.75 Å². The molecule has 0 saturated carbocycles. The van der Waals surface area contributed by atoms with Gasteiger partial charge in [0.2, 0.25) is 5.88 Å². The highest BCUT2D eigenvalue weighted by Crippen LogP contribution is 2.18. The summed E-state index contributed by atoms with van der Waals surface area (Å²) >= 11 is 0. The molecule has 0 bridgehead atoms. The van der Waals surface area contributed by atoms with Crippen LogP contribution in [0.15, 0.2) is 36.5 Å². The summed E-state index contributed by atoms with van der Waals surface area (Å²) in [5, 5.41) is 8.93. The molecule has 0 aliphatic heterocycles.